The Balaban J connectivity index is 1.56. The molecular formula is C25H23N3O4. The van der Waals surface area contributed by atoms with Crippen LogP contribution in [0.4, 0.5) is 17.1 Å². The first-order chi connectivity index (χ1) is 15.4. The number of phenolic OH excluding ortho intramolecular Hbond substituents is 1. The molecule has 2 amide bonds. The molecule has 0 saturated carbocycles. The predicted molar refractivity (Wildman–Crippen MR) is 125 cm³/mol. The van der Waals surface area contributed by atoms with E-state index in [4.69, 9.17) is 4.74 Å². The molecule has 0 aliphatic carbocycles. The van der Waals surface area contributed by atoms with Crippen LogP contribution in [0.15, 0.2) is 66.9 Å². The maximum atomic E-state index is 12.5. The molecule has 7 heteroatoms. The van der Waals surface area contributed by atoms with Crippen LogP contribution in [0.2, 0.25) is 0 Å². The molecule has 32 heavy (non-hydrogen) atoms. The molecule has 0 aromatic heterocycles. The van der Waals surface area contributed by atoms with Crippen LogP contribution in [0.5, 0.6) is 11.5 Å². The van der Waals surface area contributed by atoms with Gasteiger partial charge in [-0.2, -0.15) is 0 Å². The maximum absolute atomic E-state index is 12.5. The number of carbonyl (C=O) groups excluding carboxylic acids is 2. The molecule has 0 spiro atoms. The number of phenols is 1. The normalized spacial score (nSPS) is 13.4. The number of aromatic hydroxyl groups is 1. The number of anilines is 3. The van der Waals surface area contributed by atoms with Gasteiger partial charge < -0.3 is 25.8 Å². The van der Waals surface area contributed by atoms with Gasteiger partial charge in [-0.25, -0.2) is 0 Å². The van der Waals surface area contributed by atoms with E-state index in [9.17, 15) is 14.7 Å². The Bertz CT molecular complexity index is 1230. The summed E-state index contributed by atoms with van der Waals surface area (Å²) < 4.78 is 5.05. The van der Waals surface area contributed by atoms with Gasteiger partial charge in [0.05, 0.1) is 12.7 Å². The van der Waals surface area contributed by atoms with Gasteiger partial charge in [0.1, 0.15) is 0 Å². The molecule has 1 aliphatic rings. The lowest BCUT2D eigenvalue weighted by Gasteiger charge is -2.08. The molecule has 0 saturated heterocycles. The average molecular weight is 429 g/mol. The lowest BCUT2D eigenvalue weighted by atomic mass is 9.99. The highest BCUT2D eigenvalue weighted by molar-refractivity contribution is 6.31. The number of amides is 2. The highest BCUT2D eigenvalue weighted by Crippen LogP contribution is 2.34. The van der Waals surface area contributed by atoms with Crippen molar-refractivity contribution in [2.75, 3.05) is 23.1 Å². The highest BCUT2D eigenvalue weighted by Gasteiger charge is 2.24. The van der Waals surface area contributed by atoms with E-state index in [0.717, 1.165) is 28.1 Å². The molecule has 1 aliphatic heterocycles. The Labute approximate surface area is 185 Å². The Hall–Kier alpha value is -4.26. The van der Waals surface area contributed by atoms with Gasteiger partial charge in [0.15, 0.2) is 11.5 Å². The number of nitrogens with one attached hydrogen (secondary N) is 3. The second-order valence-corrected chi connectivity index (χ2v) is 7.48. The van der Waals surface area contributed by atoms with E-state index in [0.29, 0.717) is 23.4 Å². The summed E-state index contributed by atoms with van der Waals surface area (Å²) in [4.78, 5) is 23.8. The van der Waals surface area contributed by atoms with Crippen molar-refractivity contribution >= 4 is 34.4 Å². The van der Waals surface area contributed by atoms with E-state index >= 15 is 0 Å². The van der Waals surface area contributed by atoms with Crippen LogP contribution in [0.25, 0.3) is 5.57 Å². The fourth-order valence-electron chi connectivity index (χ4n) is 3.62. The van der Waals surface area contributed by atoms with Crippen molar-refractivity contribution in [1.29, 1.82) is 0 Å². The van der Waals surface area contributed by atoms with Gasteiger partial charge in [0.2, 0.25) is 5.91 Å². The molecule has 4 N–H and O–H groups in total. The van der Waals surface area contributed by atoms with Crippen LogP contribution in [-0.2, 0) is 16.0 Å². The number of benzene rings is 3. The van der Waals surface area contributed by atoms with Crippen LogP contribution < -0.4 is 20.7 Å². The first kappa shape index (κ1) is 21.0. The molecular weight excluding hydrogens is 406 g/mol. The van der Waals surface area contributed by atoms with Crippen LogP contribution in [0, 0.1) is 0 Å². The summed E-state index contributed by atoms with van der Waals surface area (Å²) in [5.41, 5.74) is 5.51. The van der Waals surface area contributed by atoms with Crippen molar-refractivity contribution in [3.63, 3.8) is 0 Å². The second-order valence-electron chi connectivity index (χ2n) is 7.48. The van der Waals surface area contributed by atoms with E-state index in [1.54, 1.807) is 18.3 Å². The topological polar surface area (TPSA) is 99.7 Å². The summed E-state index contributed by atoms with van der Waals surface area (Å²) in [6.07, 6.45) is 2.28. The summed E-state index contributed by atoms with van der Waals surface area (Å²) in [6.45, 7) is 1.48. The first-order valence-corrected chi connectivity index (χ1v) is 10.1. The van der Waals surface area contributed by atoms with Crippen LogP contribution in [-0.4, -0.2) is 24.0 Å². The van der Waals surface area contributed by atoms with E-state index in [-0.39, 0.29) is 17.6 Å². The van der Waals surface area contributed by atoms with Gasteiger partial charge in [-0.05, 0) is 53.9 Å². The molecule has 3 aromatic rings. The van der Waals surface area contributed by atoms with E-state index in [1.807, 2.05) is 42.5 Å². The van der Waals surface area contributed by atoms with Crippen molar-refractivity contribution < 1.29 is 19.4 Å². The summed E-state index contributed by atoms with van der Waals surface area (Å²) >= 11 is 0. The van der Waals surface area contributed by atoms with Crippen LogP contribution >= 0.6 is 0 Å². The predicted octanol–water partition coefficient (Wildman–Crippen LogP) is 4.36. The second kappa shape index (κ2) is 8.85. The third-order valence-electron chi connectivity index (χ3n) is 5.08. The standard InChI is InChI=1S/C25H23N3O4/c1-15(29)27-19-5-3-4-16(11-19)10-17-6-8-22-20(12-17)21(25(31)28-22)14-26-18-7-9-24(32-2)23(30)13-18/h3-9,11-14,26,30H,10H2,1-2H3,(H,27,29)(H,28,31). The third-order valence-corrected chi connectivity index (χ3v) is 5.08. The van der Waals surface area contributed by atoms with Crippen molar-refractivity contribution in [3.8, 4) is 11.5 Å². The SMILES string of the molecule is COc1ccc(NC=C2C(=O)Nc3ccc(Cc4cccc(NC(C)=O)c4)cc32)cc1O. The minimum absolute atomic E-state index is 0.0101. The monoisotopic (exact) mass is 429 g/mol. The number of rotatable bonds is 6. The summed E-state index contributed by atoms with van der Waals surface area (Å²) in [5, 5.41) is 18.7. The number of methoxy groups -OCH3 is 1. The van der Waals surface area contributed by atoms with Gasteiger partial charge in [0.25, 0.3) is 5.91 Å². The molecule has 7 nitrogen and oxygen atoms in total. The average Bonchev–Trinajstić information content (AvgIpc) is 3.06. The molecule has 162 valence electrons. The zero-order valence-electron chi connectivity index (χ0n) is 17.7. The Morgan fingerprint density at radius 3 is 2.62 bits per heavy atom. The number of ether oxygens (including phenoxy) is 1. The summed E-state index contributed by atoms with van der Waals surface area (Å²) in [6, 6.07) is 18.5. The molecule has 3 aromatic carbocycles. The van der Waals surface area contributed by atoms with Gasteiger partial charge in [-0.3, -0.25) is 9.59 Å². The Kier molecular flexibility index (Phi) is 5.81. The number of hydrogen-bond acceptors (Lipinski definition) is 5. The lowest BCUT2D eigenvalue weighted by Crippen LogP contribution is -2.05. The van der Waals surface area contributed by atoms with Crippen molar-refractivity contribution in [2.45, 2.75) is 13.3 Å². The number of hydrogen-bond donors (Lipinski definition) is 4. The largest absolute Gasteiger partial charge is 0.504 e. The van der Waals surface area contributed by atoms with Crippen molar-refractivity contribution in [1.82, 2.24) is 0 Å². The zero-order chi connectivity index (χ0) is 22.7. The summed E-state index contributed by atoms with van der Waals surface area (Å²) in [5.74, 6) is 0.0714. The van der Waals surface area contributed by atoms with E-state index < -0.39 is 0 Å². The first-order valence-electron chi connectivity index (χ1n) is 10.1. The van der Waals surface area contributed by atoms with E-state index in [2.05, 4.69) is 16.0 Å². The molecule has 4 rings (SSSR count). The van der Waals surface area contributed by atoms with Crippen LogP contribution in [0.3, 0.4) is 0 Å². The number of carbonyl (C=O) groups is 2. The van der Waals surface area contributed by atoms with Crippen molar-refractivity contribution in [3.05, 3.63) is 83.6 Å². The molecule has 0 radical (unpaired) electrons. The lowest BCUT2D eigenvalue weighted by molar-refractivity contribution is -0.114. The Morgan fingerprint density at radius 1 is 1.06 bits per heavy atom. The highest BCUT2D eigenvalue weighted by atomic mass is 16.5. The molecule has 0 unspecified atom stereocenters. The van der Waals surface area contributed by atoms with Gasteiger partial charge in [0, 0.05) is 41.8 Å². The zero-order valence-corrected chi connectivity index (χ0v) is 17.7. The van der Waals surface area contributed by atoms with Crippen LogP contribution in [0.1, 0.15) is 23.6 Å². The van der Waals surface area contributed by atoms with Gasteiger partial charge in [-0.1, -0.05) is 18.2 Å². The molecule has 0 bridgehead atoms. The fourth-order valence-corrected chi connectivity index (χ4v) is 3.62. The maximum Gasteiger partial charge on any atom is 0.257 e. The molecule has 0 atom stereocenters. The molecule has 1 heterocycles. The van der Waals surface area contributed by atoms with Gasteiger partial charge in [-0.15, -0.1) is 0 Å². The quantitative estimate of drug-likeness (QED) is 0.437. The van der Waals surface area contributed by atoms with Gasteiger partial charge >= 0.3 is 0 Å². The Morgan fingerprint density at radius 2 is 1.88 bits per heavy atom. The minimum atomic E-state index is -0.199. The number of fused-ring (bicyclic) bond motifs is 1. The summed E-state index contributed by atoms with van der Waals surface area (Å²) in [7, 11) is 1.48. The fraction of sp³-hybridized carbons (Fsp3) is 0.120. The van der Waals surface area contributed by atoms with E-state index in [1.165, 1.54) is 20.1 Å². The third kappa shape index (κ3) is 4.57. The molecule has 0 fully saturated rings. The smallest absolute Gasteiger partial charge is 0.257 e. The van der Waals surface area contributed by atoms with Crippen molar-refractivity contribution in [2.24, 2.45) is 0 Å². The minimum Gasteiger partial charge on any atom is -0.504 e.